The molecule has 0 fully saturated rings. The van der Waals surface area contributed by atoms with Gasteiger partial charge in [-0.2, -0.15) is 4.98 Å². The number of rotatable bonds is 3. The van der Waals surface area contributed by atoms with Crippen molar-refractivity contribution in [2.75, 3.05) is 12.5 Å². The molecular weight excluding hydrogens is 180 g/mol. The van der Waals surface area contributed by atoms with Crippen LogP contribution in [0, 0.1) is 6.92 Å². The Morgan fingerprint density at radius 2 is 2.00 bits per heavy atom. The molecule has 0 aliphatic heterocycles. The minimum absolute atomic E-state index is 0.247. The normalized spacial score (nSPS) is 10.4. The SMILES string of the molecule is COc1nc(C(C)C)nc(NN)c1C. The Balaban J connectivity index is 3.25. The monoisotopic (exact) mass is 196 g/mol. The number of hydrazine groups is 1. The second kappa shape index (κ2) is 4.23. The molecule has 3 N–H and O–H groups in total. The van der Waals surface area contributed by atoms with Gasteiger partial charge in [-0.05, 0) is 6.92 Å². The molecule has 0 saturated heterocycles. The molecule has 78 valence electrons. The van der Waals surface area contributed by atoms with Crippen LogP contribution in [0.5, 0.6) is 5.88 Å². The quantitative estimate of drug-likeness (QED) is 0.561. The molecule has 1 rings (SSSR count). The summed E-state index contributed by atoms with van der Waals surface area (Å²) in [6.07, 6.45) is 0. The second-order valence-corrected chi connectivity index (χ2v) is 3.36. The van der Waals surface area contributed by atoms with Gasteiger partial charge in [-0.25, -0.2) is 10.8 Å². The van der Waals surface area contributed by atoms with Crippen molar-refractivity contribution in [2.45, 2.75) is 26.7 Å². The fourth-order valence-corrected chi connectivity index (χ4v) is 1.11. The number of nitrogen functional groups attached to an aromatic ring is 1. The van der Waals surface area contributed by atoms with Gasteiger partial charge in [0.2, 0.25) is 5.88 Å². The third-order valence-electron chi connectivity index (χ3n) is 1.96. The molecule has 5 nitrogen and oxygen atoms in total. The van der Waals surface area contributed by atoms with Crippen LogP contribution >= 0.6 is 0 Å². The Morgan fingerprint density at radius 3 is 2.43 bits per heavy atom. The van der Waals surface area contributed by atoms with Crippen molar-refractivity contribution in [3.8, 4) is 5.88 Å². The highest BCUT2D eigenvalue weighted by Crippen LogP contribution is 2.23. The van der Waals surface area contributed by atoms with Gasteiger partial charge >= 0.3 is 0 Å². The summed E-state index contributed by atoms with van der Waals surface area (Å²) >= 11 is 0. The summed E-state index contributed by atoms with van der Waals surface area (Å²) in [5.74, 6) is 7.49. The third-order valence-corrected chi connectivity index (χ3v) is 1.96. The number of aromatic nitrogens is 2. The van der Waals surface area contributed by atoms with Gasteiger partial charge in [0.1, 0.15) is 11.6 Å². The first-order valence-corrected chi connectivity index (χ1v) is 4.49. The molecule has 0 aromatic carbocycles. The molecule has 0 aliphatic rings. The van der Waals surface area contributed by atoms with E-state index in [-0.39, 0.29) is 5.92 Å². The average Bonchev–Trinajstić information content (AvgIpc) is 2.17. The number of ether oxygens (including phenoxy) is 1. The van der Waals surface area contributed by atoms with Crippen LogP contribution in [0.1, 0.15) is 31.2 Å². The molecule has 0 radical (unpaired) electrons. The molecule has 1 aromatic heterocycles. The number of nitrogens with two attached hydrogens (primary N) is 1. The summed E-state index contributed by atoms with van der Waals surface area (Å²) in [7, 11) is 1.58. The van der Waals surface area contributed by atoms with E-state index >= 15 is 0 Å². The van der Waals surface area contributed by atoms with E-state index in [1.54, 1.807) is 7.11 Å². The highest BCUT2D eigenvalue weighted by Gasteiger charge is 2.12. The molecule has 0 unspecified atom stereocenters. The lowest BCUT2D eigenvalue weighted by Gasteiger charge is -2.12. The zero-order chi connectivity index (χ0) is 10.7. The summed E-state index contributed by atoms with van der Waals surface area (Å²) in [6, 6.07) is 0. The maximum atomic E-state index is 5.35. The highest BCUT2D eigenvalue weighted by molar-refractivity contribution is 5.47. The van der Waals surface area contributed by atoms with Crippen LogP contribution in [0.15, 0.2) is 0 Å². The lowest BCUT2D eigenvalue weighted by molar-refractivity contribution is 0.390. The molecule has 0 saturated carbocycles. The summed E-state index contributed by atoms with van der Waals surface area (Å²) < 4.78 is 5.13. The van der Waals surface area contributed by atoms with Gasteiger partial charge in [0, 0.05) is 5.92 Å². The predicted octanol–water partition coefficient (Wildman–Crippen LogP) is 1.20. The predicted molar refractivity (Wildman–Crippen MR) is 55.2 cm³/mol. The number of anilines is 1. The molecule has 0 aliphatic carbocycles. The van der Waals surface area contributed by atoms with E-state index < -0.39 is 0 Å². The maximum absolute atomic E-state index is 5.35. The fraction of sp³-hybridized carbons (Fsp3) is 0.556. The van der Waals surface area contributed by atoms with Gasteiger partial charge in [0.25, 0.3) is 0 Å². The topological polar surface area (TPSA) is 73.1 Å². The molecule has 1 aromatic rings. The van der Waals surface area contributed by atoms with E-state index in [1.165, 1.54) is 0 Å². The minimum Gasteiger partial charge on any atom is -0.481 e. The Bertz CT molecular complexity index is 300. The Hall–Kier alpha value is -1.36. The third kappa shape index (κ3) is 1.93. The van der Waals surface area contributed by atoms with Crippen LogP contribution < -0.4 is 16.0 Å². The molecule has 0 amide bonds. The lowest BCUT2D eigenvalue weighted by Crippen LogP contribution is -2.13. The zero-order valence-corrected chi connectivity index (χ0v) is 8.96. The van der Waals surface area contributed by atoms with Gasteiger partial charge < -0.3 is 10.2 Å². The van der Waals surface area contributed by atoms with Crippen molar-refractivity contribution < 1.29 is 4.74 Å². The van der Waals surface area contributed by atoms with Crippen LogP contribution in [0.3, 0.4) is 0 Å². The van der Waals surface area contributed by atoms with Crippen LogP contribution in [0.25, 0.3) is 0 Å². The number of methoxy groups -OCH3 is 1. The molecule has 1 heterocycles. The van der Waals surface area contributed by atoms with Crippen LogP contribution in [-0.4, -0.2) is 17.1 Å². The largest absolute Gasteiger partial charge is 0.481 e. The van der Waals surface area contributed by atoms with Crippen molar-refractivity contribution in [1.82, 2.24) is 9.97 Å². The van der Waals surface area contributed by atoms with E-state index in [0.717, 1.165) is 11.4 Å². The van der Waals surface area contributed by atoms with Gasteiger partial charge in [0.15, 0.2) is 0 Å². The molecule has 0 spiro atoms. The second-order valence-electron chi connectivity index (χ2n) is 3.36. The minimum atomic E-state index is 0.247. The van der Waals surface area contributed by atoms with E-state index in [1.807, 2.05) is 20.8 Å². The number of nitrogens with zero attached hydrogens (tertiary/aromatic N) is 2. The standard InChI is InChI=1S/C9H16N4O/c1-5(2)7-11-8(13-10)6(3)9(12-7)14-4/h5H,10H2,1-4H3,(H,11,12,13). The van der Waals surface area contributed by atoms with Gasteiger partial charge in [-0.15, -0.1) is 0 Å². The van der Waals surface area contributed by atoms with Crippen molar-refractivity contribution in [1.29, 1.82) is 0 Å². The van der Waals surface area contributed by atoms with Gasteiger partial charge in [-0.1, -0.05) is 13.8 Å². The maximum Gasteiger partial charge on any atom is 0.221 e. The highest BCUT2D eigenvalue weighted by atomic mass is 16.5. The lowest BCUT2D eigenvalue weighted by atomic mass is 10.2. The summed E-state index contributed by atoms with van der Waals surface area (Å²) in [5, 5.41) is 0. The molecule has 5 heteroatoms. The van der Waals surface area contributed by atoms with Gasteiger partial charge in [-0.3, -0.25) is 0 Å². The van der Waals surface area contributed by atoms with E-state index in [9.17, 15) is 0 Å². The number of hydrogen-bond acceptors (Lipinski definition) is 5. The summed E-state index contributed by atoms with van der Waals surface area (Å²) in [5.41, 5.74) is 3.35. The van der Waals surface area contributed by atoms with E-state index in [0.29, 0.717) is 11.7 Å². The number of hydrogen-bond donors (Lipinski definition) is 2. The summed E-state index contributed by atoms with van der Waals surface area (Å²) in [4.78, 5) is 8.54. The molecule has 14 heavy (non-hydrogen) atoms. The van der Waals surface area contributed by atoms with Crippen molar-refractivity contribution >= 4 is 5.82 Å². The van der Waals surface area contributed by atoms with Crippen molar-refractivity contribution in [2.24, 2.45) is 5.84 Å². The smallest absolute Gasteiger partial charge is 0.221 e. The van der Waals surface area contributed by atoms with E-state index in [4.69, 9.17) is 10.6 Å². The Kier molecular flexibility index (Phi) is 3.24. The summed E-state index contributed by atoms with van der Waals surface area (Å²) in [6.45, 7) is 5.90. The first kappa shape index (κ1) is 10.7. The van der Waals surface area contributed by atoms with Crippen molar-refractivity contribution in [3.63, 3.8) is 0 Å². The van der Waals surface area contributed by atoms with E-state index in [2.05, 4.69) is 15.4 Å². The Morgan fingerprint density at radius 1 is 1.36 bits per heavy atom. The van der Waals surface area contributed by atoms with Crippen LogP contribution in [-0.2, 0) is 0 Å². The Labute approximate surface area is 83.7 Å². The first-order chi connectivity index (χ1) is 6.60. The van der Waals surface area contributed by atoms with Crippen LogP contribution in [0.4, 0.5) is 5.82 Å². The molecule has 0 bridgehead atoms. The van der Waals surface area contributed by atoms with Crippen molar-refractivity contribution in [3.05, 3.63) is 11.4 Å². The number of nitrogens with one attached hydrogen (secondary N) is 1. The van der Waals surface area contributed by atoms with Gasteiger partial charge in [0.05, 0.1) is 12.7 Å². The fourth-order valence-electron chi connectivity index (χ4n) is 1.11. The first-order valence-electron chi connectivity index (χ1n) is 4.49. The molecule has 0 atom stereocenters. The average molecular weight is 196 g/mol. The zero-order valence-electron chi connectivity index (χ0n) is 8.96. The van der Waals surface area contributed by atoms with Crippen LogP contribution in [0.2, 0.25) is 0 Å². The molecular formula is C9H16N4O.